The van der Waals surface area contributed by atoms with Gasteiger partial charge < -0.3 is 5.11 Å². The Kier molecular flexibility index (Phi) is 4.92. The number of halogens is 1. The predicted octanol–water partition coefficient (Wildman–Crippen LogP) is 4.09. The average Bonchev–Trinajstić information content (AvgIpc) is 3.31. The predicted molar refractivity (Wildman–Crippen MR) is 117 cm³/mol. The van der Waals surface area contributed by atoms with E-state index >= 15 is 0 Å². The Morgan fingerprint density at radius 2 is 1.50 bits per heavy atom. The van der Waals surface area contributed by atoms with E-state index in [9.17, 15) is 19.5 Å². The van der Waals surface area contributed by atoms with Gasteiger partial charge >= 0.3 is 5.97 Å². The van der Waals surface area contributed by atoms with Crippen molar-refractivity contribution in [2.45, 2.75) is 12.1 Å². The Balaban J connectivity index is 1.63. The standard InChI is InChI=1S/C24H17ClN2O5/c25-14-10-12-15(13-11-14)26-22(28)19-20(17-8-4-5-9-18(17)24(30)31)27(32-21(19)23(26)29)16-6-2-1-3-7-16/h1-13,19-21H,(H,30,31)/t19-,20-,21-/m1/s1. The number of hydroxylamine groups is 1. The molecule has 2 heterocycles. The van der Waals surface area contributed by atoms with Gasteiger partial charge in [0.2, 0.25) is 5.91 Å². The molecule has 0 aromatic heterocycles. The van der Waals surface area contributed by atoms with E-state index in [2.05, 4.69) is 0 Å². The first-order valence-corrected chi connectivity index (χ1v) is 10.3. The molecule has 3 aromatic carbocycles. The van der Waals surface area contributed by atoms with Gasteiger partial charge in [-0.3, -0.25) is 14.4 Å². The number of rotatable bonds is 4. The van der Waals surface area contributed by atoms with E-state index in [0.29, 0.717) is 22.0 Å². The number of anilines is 2. The molecule has 1 N–H and O–H groups in total. The summed E-state index contributed by atoms with van der Waals surface area (Å²) in [4.78, 5) is 45.9. The van der Waals surface area contributed by atoms with Gasteiger partial charge in [0, 0.05) is 5.02 Å². The van der Waals surface area contributed by atoms with Crippen LogP contribution >= 0.6 is 11.6 Å². The van der Waals surface area contributed by atoms with E-state index < -0.39 is 35.8 Å². The molecule has 2 aliphatic heterocycles. The highest BCUT2D eigenvalue weighted by Gasteiger charge is 2.60. The van der Waals surface area contributed by atoms with Gasteiger partial charge in [-0.05, 0) is 48.0 Å². The van der Waals surface area contributed by atoms with Crippen LogP contribution in [0.15, 0.2) is 78.9 Å². The van der Waals surface area contributed by atoms with Crippen LogP contribution in [0.4, 0.5) is 11.4 Å². The number of para-hydroxylation sites is 1. The molecule has 0 unspecified atom stereocenters. The summed E-state index contributed by atoms with van der Waals surface area (Å²) < 4.78 is 0. The number of aromatic carboxylic acids is 1. The third-order valence-corrected chi connectivity index (χ3v) is 5.97. The summed E-state index contributed by atoms with van der Waals surface area (Å²) in [5, 5.41) is 11.7. The number of fused-ring (bicyclic) bond motifs is 1. The molecule has 160 valence electrons. The molecule has 3 aromatic rings. The largest absolute Gasteiger partial charge is 0.478 e. The quantitative estimate of drug-likeness (QED) is 0.605. The molecule has 2 aliphatic rings. The molecule has 2 fully saturated rings. The number of carboxylic acid groups (broad SMARTS) is 1. The van der Waals surface area contributed by atoms with Gasteiger partial charge in [0.15, 0.2) is 6.10 Å². The van der Waals surface area contributed by atoms with Crippen molar-refractivity contribution in [1.29, 1.82) is 0 Å². The first-order chi connectivity index (χ1) is 15.5. The zero-order valence-electron chi connectivity index (χ0n) is 16.6. The van der Waals surface area contributed by atoms with Crippen molar-refractivity contribution in [3.05, 3.63) is 95.0 Å². The third kappa shape index (κ3) is 3.14. The van der Waals surface area contributed by atoms with Gasteiger partial charge in [0.05, 0.1) is 23.0 Å². The van der Waals surface area contributed by atoms with Gasteiger partial charge in [-0.1, -0.05) is 48.0 Å². The number of benzene rings is 3. The maximum atomic E-state index is 13.5. The van der Waals surface area contributed by atoms with Crippen molar-refractivity contribution < 1.29 is 24.3 Å². The van der Waals surface area contributed by atoms with Crippen LogP contribution in [0.5, 0.6) is 0 Å². The molecule has 32 heavy (non-hydrogen) atoms. The number of nitrogens with zero attached hydrogens (tertiary/aromatic N) is 2. The van der Waals surface area contributed by atoms with Crippen molar-refractivity contribution in [3.63, 3.8) is 0 Å². The molecule has 2 amide bonds. The maximum absolute atomic E-state index is 13.5. The Bertz CT molecular complexity index is 1210. The van der Waals surface area contributed by atoms with Crippen molar-refractivity contribution in [1.82, 2.24) is 0 Å². The molecule has 0 radical (unpaired) electrons. The lowest BCUT2D eigenvalue weighted by molar-refractivity contribution is -0.126. The van der Waals surface area contributed by atoms with Crippen LogP contribution in [0.1, 0.15) is 22.0 Å². The van der Waals surface area contributed by atoms with Crippen LogP contribution in [0, 0.1) is 5.92 Å². The van der Waals surface area contributed by atoms with Crippen LogP contribution in [0.25, 0.3) is 0 Å². The van der Waals surface area contributed by atoms with Crippen LogP contribution in [0.2, 0.25) is 5.02 Å². The maximum Gasteiger partial charge on any atom is 0.336 e. The number of hydrogen-bond donors (Lipinski definition) is 1. The first kappa shape index (κ1) is 20.2. The SMILES string of the molecule is O=C(O)c1ccccc1[C@@H]1[C@H]2C(=O)N(c3ccc(Cl)cc3)C(=O)[C@@H]2ON1c1ccccc1. The van der Waals surface area contributed by atoms with Gasteiger partial charge in [-0.15, -0.1) is 0 Å². The third-order valence-electron chi connectivity index (χ3n) is 5.72. The highest BCUT2D eigenvalue weighted by atomic mass is 35.5. The number of carboxylic acids is 1. The molecule has 0 bridgehead atoms. The molecule has 3 atom stereocenters. The minimum absolute atomic E-state index is 0.0490. The van der Waals surface area contributed by atoms with E-state index in [1.165, 1.54) is 11.1 Å². The molecule has 8 heteroatoms. The summed E-state index contributed by atoms with van der Waals surface area (Å²) in [5.41, 5.74) is 1.45. The van der Waals surface area contributed by atoms with Crippen LogP contribution in [0.3, 0.4) is 0 Å². The van der Waals surface area contributed by atoms with E-state index in [1.807, 2.05) is 6.07 Å². The smallest absolute Gasteiger partial charge is 0.336 e. The Morgan fingerprint density at radius 3 is 2.19 bits per heavy atom. The minimum Gasteiger partial charge on any atom is -0.478 e. The monoisotopic (exact) mass is 448 g/mol. The molecule has 0 aliphatic carbocycles. The summed E-state index contributed by atoms with van der Waals surface area (Å²) >= 11 is 5.95. The fourth-order valence-electron chi connectivity index (χ4n) is 4.32. The number of carbonyl (C=O) groups excluding carboxylic acids is 2. The number of imide groups is 1. The zero-order valence-corrected chi connectivity index (χ0v) is 17.3. The van der Waals surface area contributed by atoms with Crippen LogP contribution in [-0.2, 0) is 14.4 Å². The molecule has 0 saturated carbocycles. The number of amides is 2. The Hall–Kier alpha value is -3.68. The number of carbonyl (C=O) groups is 3. The second-order valence-electron chi connectivity index (χ2n) is 7.54. The van der Waals surface area contributed by atoms with Gasteiger partial charge in [0.25, 0.3) is 5.91 Å². The minimum atomic E-state index is -1.12. The number of hydrogen-bond acceptors (Lipinski definition) is 5. The van der Waals surface area contributed by atoms with E-state index in [0.717, 1.165) is 4.90 Å². The fourth-order valence-corrected chi connectivity index (χ4v) is 4.45. The van der Waals surface area contributed by atoms with Crippen molar-refractivity contribution in [2.75, 3.05) is 9.96 Å². The van der Waals surface area contributed by atoms with Crippen molar-refractivity contribution >= 4 is 40.8 Å². The highest BCUT2D eigenvalue weighted by molar-refractivity contribution is 6.31. The molecule has 5 rings (SSSR count). The van der Waals surface area contributed by atoms with Crippen molar-refractivity contribution in [2.24, 2.45) is 5.92 Å². The molecular formula is C24H17ClN2O5. The fraction of sp³-hybridized carbons (Fsp3) is 0.125. The van der Waals surface area contributed by atoms with Gasteiger partial charge in [0.1, 0.15) is 5.92 Å². The summed E-state index contributed by atoms with van der Waals surface area (Å²) in [5.74, 6) is -2.99. The molecular weight excluding hydrogens is 432 g/mol. The van der Waals surface area contributed by atoms with Gasteiger partial charge in [-0.25, -0.2) is 14.8 Å². The van der Waals surface area contributed by atoms with Crippen LogP contribution < -0.4 is 9.96 Å². The molecule has 7 nitrogen and oxygen atoms in total. The zero-order chi connectivity index (χ0) is 22.4. The average molecular weight is 449 g/mol. The van der Waals surface area contributed by atoms with E-state index in [4.69, 9.17) is 16.4 Å². The second-order valence-corrected chi connectivity index (χ2v) is 7.98. The summed E-state index contributed by atoms with van der Waals surface area (Å²) in [6, 6.07) is 21.0. The lowest BCUT2D eigenvalue weighted by Crippen LogP contribution is -2.37. The summed E-state index contributed by atoms with van der Waals surface area (Å²) in [6.45, 7) is 0. The first-order valence-electron chi connectivity index (χ1n) is 9.94. The Labute approximate surface area is 188 Å². The molecule has 0 spiro atoms. The lowest BCUT2D eigenvalue weighted by atomic mass is 9.88. The van der Waals surface area contributed by atoms with Gasteiger partial charge in [-0.2, -0.15) is 0 Å². The van der Waals surface area contributed by atoms with Crippen molar-refractivity contribution in [3.8, 4) is 0 Å². The lowest BCUT2D eigenvalue weighted by Gasteiger charge is -2.29. The summed E-state index contributed by atoms with van der Waals surface area (Å²) in [7, 11) is 0. The van der Waals surface area contributed by atoms with E-state index in [-0.39, 0.29) is 5.56 Å². The van der Waals surface area contributed by atoms with Crippen LogP contribution in [-0.4, -0.2) is 29.0 Å². The Morgan fingerprint density at radius 1 is 0.844 bits per heavy atom. The topological polar surface area (TPSA) is 87.2 Å². The molecule has 2 saturated heterocycles. The normalized spacial score (nSPS) is 22.3. The second kappa shape index (κ2) is 7.78. The van der Waals surface area contributed by atoms with E-state index in [1.54, 1.807) is 66.7 Å². The highest BCUT2D eigenvalue weighted by Crippen LogP contribution is 2.48. The summed E-state index contributed by atoms with van der Waals surface area (Å²) in [6.07, 6.45) is -1.08.